The van der Waals surface area contributed by atoms with Gasteiger partial charge in [0.2, 0.25) is 10.0 Å². The molecule has 0 spiro atoms. The van der Waals surface area contributed by atoms with Crippen LogP contribution in [0.2, 0.25) is 0 Å². The van der Waals surface area contributed by atoms with E-state index in [2.05, 4.69) is 11.6 Å². The molecule has 1 saturated carbocycles. The molecular weight excluding hydrogens is 276 g/mol. The van der Waals surface area contributed by atoms with Gasteiger partial charge >= 0.3 is 0 Å². The van der Waals surface area contributed by atoms with E-state index in [1.165, 1.54) is 0 Å². The van der Waals surface area contributed by atoms with Gasteiger partial charge in [-0.3, -0.25) is 0 Å². The predicted octanol–water partition coefficient (Wildman–Crippen LogP) is 1.62. The van der Waals surface area contributed by atoms with Crippen molar-refractivity contribution in [2.24, 2.45) is 11.7 Å². The first-order valence-corrected chi connectivity index (χ1v) is 8.39. The van der Waals surface area contributed by atoms with Crippen molar-refractivity contribution in [1.82, 2.24) is 4.72 Å². The average molecular weight is 298 g/mol. The Balaban J connectivity index is 2.14. The monoisotopic (exact) mass is 298 g/mol. The highest BCUT2D eigenvalue weighted by Crippen LogP contribution is 2.35. The zero-order valence-electron chi connectivity index (χ0n) is 11.9. The molecule has 6 heteroatoms. The Labute approximate surface area is 120 Å². The van der Waals surface area contributed by atoms with E-state index in [4.69, 9.17) is 10.5 Å². The van der Waals surface area contributed by atoms with Crippen molar-refractivity contribution in [3.8, 4) is 5.75 Å². The summed E-state index contributed by atoms with van der Waals surface area (Å²) >= 11 is 0. The summed E-state index contributed by atoms with van der Waals surface area (Å²) < 4.78 is 32.5. The zero-order chi connectivity index (χ0) is 14.8. The van der Waals surface area contributed by atoms with Gasteiger partial charge in [-0.15, -0.1) is 0 Å². The number of ether oxygens (including phenoxy) is 1. The van der Waals surface area contributed by atoms with E-state index in [9.17, 15) is 8.42 Å². The molecule has 1 aliphatic carbocycles. The SMILES string of the molecule is CCCC1CC1NS(=O)(=O)c1ccc(OC)c(CN)c1. The van der Waals surface area contributed by atoms with Gasteiger partial charge in [-0.05, 0) is 37.0 Å². The molecule has 1 aromatic carbocycles. The molecule has 5 nitrogen and oxygen atoms in total. The van der Waals surface area contributed by atoms with E-state index in [0.29, 0.717) is 17.2 Å². The van der Waals surface area contributed by atoms with Crippen LogP contribution >= 0.6 is 0 Å². The molecule has 0 bridgehead atoms. The highest BCUT2D eigenvalue weighted by molar-refractivity contribution is 7.89. The molecule has 1 fully saturated rings. The van der Waals surface area contributed by atoms with Gasteiger partial charge in [-0.2, -0.15) is 0 Å². The highest BCUT2D eigenvalue weighted by Gasteiger charge is 2.39. The van der Waals surface area contributed by atoms with Gasteiger partial charge in [-0.25, -0.2) is 13.1 Å². The van der Waals surface area contributed by atoms with E-state index in [1.54, 1.807) is 25.3 Å². The number of benzene rings is 1. The van der Waals surface area contributed by atoms with Gasteiger partial charge < -0.3 is 10.5 Å². The van der Waals surface area contributed by atoms with Gasteiger partial charge in [0, 0.05) is 18.2 Å². The first kappa shape index (κ1) is 15.3. The summed E-state index contributed by atoms with van der Waals surface area (Å²) in [6, 6.07) is 4.87. The Bertz CT molecular complexity index is 572. The van der Waals surface area contributed by atoms with Gasteiger partial charge in [0.15, 0.2) is 0 Å². The second-order valence-electron chi connectivity index (χ2n) is 5.19. The molecule has 0 aromatic heterocycles. The minimum Gasteiger partial charge on any atom is -0.496 e. The smallest absolute Gasteiger partial charge is 0.240 e. The van der Waals surface area contributed by atoms with Crippen molar-refractivity contribution < 1.29 is 13.2 Å². The molecular formula is C14H22N2O3S. The Morgan fingerprint density at radius 2 is 2.20 bits per heavy atom. The van der Waals surface area contributed by atoms with Gasteiger partial charge in [0.05, 0.1) is 12.0 Å². The lowest BCUT2D eigenvalue weighted by atomic mass is 10.2. The Hall–Kier alpha value is -1.11. The van der Waals surface area contributed by atoms with Crippen LogP contribution < -0.4 is 15.2 Å². The highest BCUT2D eigenvalue weighted by atomic mass is 32.2. The second-order valence-corrected chi connectivity index (χ2v) is 6.90. The van der Waals surface area contributed by atoms with Gasteiger partial charge in [0.1, 0.15) is 5.75 Å². The number of sulfonamides is 1. The van der Waals surface area contributed by atoms with Crippen LogP contribution in [0, 0.1) is 5.92 Å². The summed E-state index contributed by atoms with van der Waals surface area (Å²) in [5.74, 6) is 1.10. The summed E-state index contributed by atoms with van der Waals surface area (Å²) in [6.45, 7) is 2.36. The Morgan fingerprint density at radius 1 is 1.45 bits per heavy atom. The van der Waals surface area contributed by atoms with Gasteiger partial charge in [0.25, 0.3) is 0 Å². The number of methoxy groups -OCH3 is 1. The lowest BCUT2D eigenvalue weighted by Crippen LogP contribution is -2.27. The van der Waals surface area contributed by atoms with E-state index in [0.717, 1.165) is 19.3 Å². The maximum absolute atomic E-state index is 12.3. The molecule has 2 rings (SSSR count). The van der Waals surface area contributed by atoms with Crippen molar-refractivity contribution in [3.63, 3.8) is 0 Å². The zero-order valence-corrected chi connectivity index (χ0v) is 12.7. The number of nitrogens with two attached hydrogens (primary N) is 1. The first-order chi connectivity index (χ1) is 9.51. The summed E-state index contributed by atoms with van der Waals surface area (Å²) in [5, 5.41) is 0. The molecule has 0 radical (unpaired) electrons. The van der Waals surface area contributed by atoms with Crippen LogP contribution in [-0.4, -0.2) is 21.6 Å². The van der Waals surface area contributed by atoms with Crippen LogP contribution in [0.25, 0.3) is 0 Å². The summed E-state index contributed by atoms with van der Waals surface area (Å²) in [4.78, 5) is 0.251. The van der Waals surface area contributed by atoms with Gasteiger partial charge in [-0.1, -0.05) is 13.3 Å². The van der Waals surface area contributed by atoms with Crippen LogP contribution in [-0.2, 0) is 16.6 Å². The summed E-state index contributed by atoms with van der Waals surface area (Å²) in [6.07, 6.45) is 3.10. The summed E-state index contributed by atoms with van der Waals surface area (Å²) in [7, 11) is -1.92. The largest absolute Gasteiger partial charge is 0.496 e. The molecule has 0 amide bonds. The van der Waals surface area contributed by atoms with E-state index in [1.807, 2.05) is 0 Å². The van der Waals surface area contributed by atoms with E-state index < -0.39 is 10.0 Å². The lowest BCUT2D eigenvalue weighted by Gasteiger charge is -2.10. The number of hydrogen-bond acceptors (Lipinski definition) is 4. The lowest BCUT2D eigenvalue weighted by molar-refractivity contribution is 0.409. The van der Waals surface area contributed by atoms with E-state index in [-0.39, 0.29) is 17.5 Å². The third-order valence-corrected chi connectivity index (χ3v) is 5.16. The minimum absolute atomic E-state index is 0.0865. The summed E-state index contributed by atoms with van der Waals surface area (Å²) in [5.41, 5.74) is 6.31. The maximum atomic E-state index is 12.3. The van der Waals surface area contributed by atoms with Crippen LogP contribution in [0.4, 0.5) is 0 Å². The predicted molar refractivity (Wildman–Crippen MR) is 78.0 cm³/mol. The fraction of sp³-hybridized carbons (Fsp3) is 0.571. The minimum atomic E-state index is -3.47. The second kappa shape index (κ2) is 6.11. The molecule has 2 unspecified atom stereocenters. The molecule has 1 aromatic rings. The quantitative estimate of drug-likeness (QED) is 0.801. The molecule has 0 aliphatic heterocycles. The van der Waals surface area contributed by atoms with Crippen LogP contribution in [0.5, 0.6) is 5.75 Å². The standard InChI is InChI=1S/C14H22N2O3S/c1-3-4-10-8-13(10)16-20(17,18)12-5-6-14(19-2)11(7-12)9-15/h5-7,10,13,16H,3-4,8-9,15H2,1-2H3. The molecule has 2 atom stereocenters. The van der Waals surface area contributed by atoms with Crippen molar-refractivity contribution in [1.29, 1.82) is 0 Å². The Morgan fingerprint density at radius 3 is 2.80 bits per heavy atom. The number of rotatable bonds is 7. The number of nitrogens with one attached hydrogen (secondary N) is 1. The van der Waals surface area contributed by atoms with Crippen molar-refractivity contribution in [2.75, 3.05) is 7.11 Å². The first-order valence-electron chi connectivity index (χ1n) is 6.91. The van der Waals surface area contributed by atoms with Crippen molar-refractivity contribution >= 4 is 10.0 Å². The average Bonchev–Trinajstić information content (AvgIpc) is 3.15. The topological polar surface area (TPSA) is 81.4 Å². The molecule has 112 valence electrons. The fourth-order valence-corrected chi connectivity index (χ4v) is 3.80. The van der Waals surface area contributed by atoms with Crippen LogP contribution in [0.15, 0.2) is 23.1 Å². The molecule has 20 heavy (non-hydrogen) atoms. The van der Waals surface area contributed by atoms with Crippen LogP contribution in [0.1, 0.15) is 31.7 Å². The van der Waals surface area contributed by atoms with Crippen molar-refractivity contribution in [2.45, 2.75) is 43.7 Å². The van der Waals surface area contributed by atoms with Crippen LogP contribution in [0.3, 0.4) is 0 Å². The third kappa shape index (κ3) is 3.31. The molecule has 0 saturated heterocycles. The molecule has 3 N–H and O–H groups in total. The van der Waals surface area contributed by atoms with E-state index >= 15 is 0 Å². The van der Waals surface area contributed by atoms with Crippen molar-refractivity contribution in [3.05, 3.63) is 23.8 Å². The molecule has 0 heterocycles. The maximum Gasteiger partial charge on any atom is 0.240 e. The Kier molecular flexibility index (Phi) is 4.67. The normalized spacial score (nSPS) is 21.8. The number of hydrogen-bond donors (Lipinski definition) is 2. The fourth-order valence-electron chi connectivity index (χ4n) is 2.43. The molecule has 1 aliphatic rings. The third-order valence-electron chi connectivity index (χ3n) is 3.67.